The highest BCUT2D eigenvalue weighted by atomic mass is 16.4. The van der Waals surface area contributed by atoms with E-state index in [9.17, 15) is 34.2 Å². The Hall–Kier alpha value is -3.71. The van der Waals surface area contributed by atoms with Crippen molar-refractivity contribution < 1.29 is 39.3 Å². The summed E-state index contributed by atoms with van der Waals surface area (Å²) >= 11 is 0. The van der Waals surface area contributed by atoms with Crippen LogP contribution in [0.1, 0.15) is 25.8 Å². The summed E-state index contributed by atoms with van der Waals surface area (Å²) in [5, 5.41) is 34.8. The van der Waals surface area contributed by atoms with E-state index in [1.165, 1.54) is 24.3 Å². The smallest absolute Gasteiger partial charge is 0.326 e. The maximum absolute atomic E-state index is 13.0. The van der Waals surface area contributed by atoms with Crippen LogP contribution in [0.25, 0.3) is 0 Å². The number of primary amides is 1. The molecule has 10 N–H and O–H groups in total. The second kappa shape index (κ2) is 13.1. The zero-order valence-electron chi connectivity index (χ0n) is 18.9. The van der Waals surface area contributed by atoms with E-state index in [0.29, 0.717) is 5.56 Å². The van der Waals surface area contributed by atoms with Crippen LogP contribution in [0.15, 0.2) is 24.3 Å². The number of phenols is 1. The van der Waals surface area contributed by atoms with Crippen LogP contribution in [0.2, 0.25) is 0 Å². The van der Waals surface area contributed by atoms with Crippen LogP contribution in [-0.4, -0.2) is 75.7 Å². The maximum atomic E-state index is 13.0. The fourth-order valence-corrected chi connectivity index (χ4v) is 2.89. The summed E-state index contributed by atoms with van der Waals surface area (Å²) in [6, 6.07) is 0.533. The van der Waals surface area contributed by atoms with Crippen LogP contribution >= 0.6 is 0 Å². The molecule has 0 aliphatic rings. The molecule has 0 aliphatic carbocycles. The summed E-state index contributed by atoms with van der Waals surface area (Å²) in [6.45, 7) is 2.54. The van der Waals surface area contributed by atoms with Crippen molar-refractivity contribution in [2.24, 2.45) is 17.4 Å². The number of carbonyl (C=O) groups excluding carboxylic acids is 4. The van der Waals surface area contributed by atoms with Crippen LogP contribution in [-0.2, 0) is 30.4 Å². The first-order valence-electron chi connectivity index (χ1n) is 10.4. The first kappa shape index (κ1) is 28.3. The van der Waals surface area contributed by atoms with E-state index in [1.807, 2.05) is 0 Å². The van der Waals surface area contributed by atoms with E-state index >= 15 is 0 Å². The molecule has 0 aliphatic heterocycles. The number of rotatable bonds is 13. The van der Waals surface area contributed by atoms with Gasteiger partial charge < -0.3 is 42.7 Å². The fraction of sp³-hybridized carbons (Fsp3) is 0.476. The number of aromatic hydroxyl groups is 1. The van der Waals surface area contributed by atoms with Crippen LogP contribution < -0.4 is 27.4 Å². The van der Waals surface area contributed by atoms with Gasteiger partial charge >= 0.3 is 5.97 Å². The fourth-order valence-electron chi connectivity index (χ4n) is 2.89. The van der Waals surface area contributed by atoms with Gasteiger partial charge in [-0.2, -0.15) is 0 Å². The summed E-state index contributed by atoms with van der Waals surface area (Å²) in [4.78, 5) is 60.4. The number of hydrogen-bond donors (Lipinski definition) is 8. The summed E-state index contributed by atoms with van der Waals surface area (Å²) in [5.74, 6) is -5.36. The molecule has 0 saturated carbocycles. The van der Waals surface area contributed by atoms with Crippen molar-refractivity contribution >= 4 is 29.6 Å². The van der Waals surface area contributed by atoms with Gasteiger partial charge in [-0.05, 0) is 23.6 Å². The molecular formula is C21H31N5O8. The Morgan fingerprint density at radius 2 is 1.47 bits per heavy atom. The van der Waals surface area contributed by atoms with Crippen molar-refractivity contribution in [1.82, 2.24) is 16.0 Å². The third-order valence-electron chi connectivity index (χ3n) is 4.81. The molecule has 0 radical (unpaired) electrons. The maximum Gasteiger partial charge on any atom is 0.326 e. The van der Waals surface area contributed by atoms with E-state index in [4.69, 9.17) is 16.6 Å². The summed E-state index contributed by atoms with van der Waals surface area (Å²) in [5.41, 5.74) is 11.1. The topological polar surface area (TPSA) is 234 Å². The molecular weight excluding hydrogens is 450 g/mol. The molecule has 0 bridgehead atoms. The predicted molar refractivity (Wildman–Crippen MR) is 119 cm³/mol. The number of nitrogens with one attached hydrogen (secondary N) is 3. The normalized spacial score (nSPS) is 14.4. The van der Waals surface area contributed by atoms with Gasteiger partial charge in [0.1, 0.15) is 29.9 Å². The molecule has 34 heavy (non-hydrogen) atoms. The molecule has 4 atom stereocenters. The van der Waals surface area contributed by atoms with Gasteiger partial charge in [-0.15, -0.1) is 0 Å². The van der Waals surface area contributed by atoms with Crippen LogP contribution in [0, 0.1) is 5.92 Å². The van der Waals surface area contributed by atoms with Gasteiger partial charge in [-0.3, -0.25) is 19.2 Å². The number of aliphatic hydroxyl groups is 1. The highest BCUT2D eigenvalue weighted by Gasteiger charge is 2.32. The van der Waals surface area contributed by atoms with Gasteiger partial charge in [-0.25, -0.2) is 4.79 Å². The number of amides is 4. The standard InChI is InChI=1S/C21H31N5O8/c1-10(2)17(20(32)25-15(21(33)34)8-16(23)29)26-19(31)14(24-18(30)13(22)9-27)7-11-3-5-12(28)6-4-11/h3-6,10,13-15,17,27-28H,7-9,22H2,1-2H3,(H2,23,29)(H,24,30)(H,25,32)(H,26,31)(H,33,34). The second-order valence-corrected chi connectivity index (χ2v) is 8.02. The van der Waals surface area contributed by atoms with Crippen molar-refractivity contribution in [2.45, 2.75) is 50.9 Å². The van der Waals surface area contributed by atoms with Gasteiger partial charge in [0, 0.05) is 6.42 Å². The zero-order valence-corrected chi connectivity index (χ0v) is 18.9. The Labute approximate surface area is 195 Å². The van der Waals surface area contributed by atoms with Crippen LogP contribution in [0.5, 0.6) is 5.75 Å². The van der Waals surface area contributed by atoms with Crippen molar-refractivity contribution in [3.8, 4) is 5.75 Å². The molecule has 4 amide bonds. The average molecular weight is 482 g/mol. The summed E-state index contributed by atoms with van der Waals surface area (Å²) < 4.78 is 0. The molecule has 0 saturated heterocycles. The number of nitrogens with two attached hydrogens (primary N) is 2. The van der Waals surface area contributed by atoms with Crippen LogP contribution in [0.3, 0.4) is 0 Å². The minimum absolute atomic E-state index is 0.00317. The number of carboxylic acid groups (broad SMARTS) is 1. The highest BCUT2D eigenvalue weighted by Crippen LogP contribution is 2.12. The lowest BCUT2D eigenvalue weighted by Crippen LogP contribution is -2.59. The van der Waals surface area contributed by atoms with Crippen molar-refractivity contribution in [3.63, 3.8) is 0 Å². The third-order valence-corrected chi connectivity index (χ3v) is 4.81. The monoisotopic (exact) mass is 481 g/mol. The quantitative estimate of drug-likeness (QED) is 0.146. The van der Waals surface area contributed by atoms with E-state index in [1.54, 1.807) is 13.8 Å². The van der Waals surface area contributed by atoms with Gasteiger partial charge in [0.25, 0.3) is 0 Å². The largest absolute Gasteiger partial charge is 0.508 e. The number of benzene rings is 1. The Morgan fingerprint density at radius 3 is 1.94 bits per heavy atom. The molecule has 4 unspecified atom stereocenters. The van der Waals surface area contributed by atoms with Gasteiger partial charge in [-0.1, -0.05) is 26.0 Å². The van der Waals surface area contributed by atoms with E-state index < -0.39 is 72.7 Å². The predicted octanol–water partition coefficient (Wildman–Crippen LogP) is -2.68. The lowest BCUT2D eigenvalue weighted by molar-refractivity contribution is -0.144. The van der Waals surface area contributed by atoms with Crippen molar-refractivity contribution in [1.29, 1.82) is 0 Å². The number of carbonyl (C=O) groups is 5. The highest BCUT2D eigenvalue weighted by molar-refractivity contribution is 5.95. The summed E-state index contributed by atoms with van der Waals surface area (Å²) in [6.07, 6.45) is -0.680. The van der Waals surface area contributed by atoms with E-state index in [-0.39, 0.29) is 12.2 Å². The van der Waals surface area contributed by atoms with Crippen LogP contribution in [0.4, 0.5) is 0 Å². The Kier molecular flexibility index (Phi) is 10.9. The Morgan fingerprint density at radius 1 is 0.912 bits per heavy atom. The van der Waals surface area contributed by atoms with Gasteiger partial charge in [0.15, 0.2) is 0 Å². The molecule has 188 valence electrons. The van der Waals surface area contributed by atoms with Crippen molar-refractivity contribution in [3.05, 3.63) is 29.8 Å². The van der Waals surface area contributed by atoms with Crippen molar-refractivity contribution in [2.75, 3.05) is 6.61 Å². The molecule has 0 spiro atoms. The number of aliphatic carboxylic acids is 1. The van der Waals surface area contributed by atoms with Gasteiger partial charge in [0.2, 0.25) is 23.6 Å². The first-order valence-corrected chi connectivity index (χ1v) is 10.4. The Bertz CT molecular complexity index is 890. The van der Waals surface area contributed by atoms with E-state index in [2.05, 4.69) is 16.0 Å². The number of aliphatic hydroxyl groups excluding tert-OH is 1. The molecule has 0 fully saturated rings. The number of phenolic OH excluding ortho intramolecular Hbond substituents is 1. The zero-order chi connectivity index (χ0) is 26.0. The average Bonchev–Trinajstić information content (AvgIpc) is 2.76. The SMILES string of the molecule is CC(C)C(NC(=O)C(Cc1ccc(O)cc1)NC(=O)C(N)CO)C(=O)NC(CC(N)=O)C(=O)O. The molecule has 1 aromatic carbocycles. The summed E-state index contributed by atoms with van der Waals surface area (Å²) in [7, 11) is 0. The van der Waals surface area contributed by atoms with E-state index in [0.717, 1.165) is 0 Å². The molecule has 0 heterocycles. The number of carboxylic acids is 1. The molecule has 1 rings (SSSR count). The molecule has 13 nitrogen and oxygen atoms in total. The third kappa shape index (κ3) is 9.03. The molecule has 0 aromatic heterocycles. The Balaban J connectivity index is 3.08. The lowest BCUT2D eigenvalue weighted by Gasteiger charge is -2.27. The second-order valence-electron chi connectivity index (χ2n) is 8.02. The molecule has 13 heteroatoms. The lowest BCUT2D eigenvalue weighted by atomic mass is 10.00. The first-order chi connectivity index (χ1) is 15.8. The minimum atomic E-state index is -1.58. The van der Waals surface area contributed by atoms with Gasteiger partial charge in [0.05, 0.1) is 13.0 Å². The minimum Gasteiger partial charge on any atom is -0.508 e. The number of hydrogen-bond acceptors (Lipinski definition) is 8. The molecule has 1 aromatic rings.